The van der Waals surface area contributed by atoms with Crippen LogP contribution in [-0.2, 0) is 0 Å². The number of rotatable bonds is 1. The number of hydrogen-bond acceptors (Lipinski definition) is 1. The van der Waals surface area contributed by atoms with Crippen LogP contribution in [0.3, 0.4) is 0 Å². The van der Waals surface area contributed by atoms with Crippen molar-refractivity contribution in [2.24, 2.45) is 11.8 Å². The zero-order valence-electron chi connectivity index (χ0n) is 8.40. The number of nitrogens with zero attached hydrogens (tertiary/aromatic N) is 1. The first-order valence-corrected chi connectivity index (χ1v) is 5.20. The van der Waals surface area contributed by atoms with Gasteiger partial charge in [-0.3, -0.25) is 4.98 Å². The molecule has 0 radical (unpaired) electrons. The van der Waals surface area contributed by atoms with Crippen LogP contribution in [0, 0.1) is 11.8 Å². The number of hydrogen-bond donors (Lipinski definition) is 0. The molecule has 1 aromatic rings. The lowest BCUT2D eigenvalue weighted by Crippen LogP contribution is -2.09. The predicted octanol–water partition coefficient (Wildman–Crippen LogP) is 3.23. The SMILES string of the molecule is CC1CCC(C)C1c1ccccn1. The lowest BCUT2D eigenvalue weighted by Gasteiger charge is -2.18. The van der Waals surface area contributed by atoms with Crippen LogP contribution in [0.1, 0.15) is 38.3 Å². The summed E-state index contributed by atoms with van der Waals surface area (Å²) in [6.07, 6.45) is 4.64. The molecule has 1 nitrogen and oxygen atoms in total. The third kappa shape index (κ3) is 1.60. The summed E-state index contributed by atoms with van der Waals surface area (Å²) in [6, 6.07) is 6.26. The Bertz CT molecular complexity index is 258. The van der Waals surface area contributed by atoms with Crippen molar-refractivity contribution in [3.05, 3.63) is 30.1 Å². The van der Waals surface area contributed by atoms with Crippen molar-refractivity contribution in [2.45, 2.75) is 32.6 Å². The molecule has 1 aliphatic carbocycles. The van der Waals surface area contributed by atoms with E-state index >= 15 is 0 Å². The zero-order valence-corrected chi connectivity index (χ0v) is 8.40. The molecule has 0 bridgehead atoms. The van der Waals surface area contributed by atoms with Crippen LogP contribution >= 0.6 is 0 Å². The molecule has 0 aromatic carbocycles. The molecule has 1 heteroatoms. The van der Waals surface area contributed by atoms with Gasteiger partial charge in [0, 0.05) is 17.8 Å². The van der Waals surface area contributed by atoms with Crippen molar-refractivity contribution in [1.82, 2.24) is 4.98 Å². The van der Waals surface area contributed by atoms with Crippen LogP contribution in [0.25, 0.3) is 0 Å². The van der Waals surface area contributed by atoms with Gasteiger partial charge in [-0.25, -0.2) is 0 Å². The fourth-order valence-corrected chi connectivity index (χ4v) is 2.60. The van der Waals surface area contributed by atoms with Gasteiger partial charge >= 0.3 is 0 Å². The number of aromatic nitrogens is 1. The molecule has 2 rings (SSSR count). The Morgan fingerprint density at radius 1 is 1.15 bits per heavy atom. The minimum atomic E-state index is 0.696. The van der Waals surface area contributed by atoms with Gasteiger partial charge in [0.15, 0.2) is 0 Å². The highest BCUT2D eigenvalue weighted by Crippen LogP contribution is 2.42. The molecule has 1 aliphatic rings. The molecule has 0 spiro atoms. The third-order valence-corrected chi connectivity index (χ3v) is 3.33. The molecule has 0 saturated heterocycles. The summed E-state index contributed by atoms with van der Waals surface area (Å²) in [6.45, 7) is 4.70. The summed E-state index contributed by atoms with van der Waals surface area (Å²) in [7, 11) is 0. The second-order valence-electron chi connectivity index (χ2n) is 4.31. The molecule has 0 amide bonds. The van der Waals surface area contributed by atoms with Crippen LogP contribution in [0.5, 0.6) is 0 Å². The summed E-state index contributed by atoms with van der Waals surface area (Å²) in [5.41, 5.74) is 1.29. The molecule has 13 heavy (non-hydrogen) atoms. The van der Waals surface area contributed by atoms with Crippen molar-refractivity contribution in [2.75, 3.05) is 0 Å². The van der Waals surface area contributed by atoms with Gasteiger partial charge in [0.1, 0.15) is 0 Å². The molecule has 1 saturated carbocycles. The van der Waals surface area contributed by atoms with Gasteiger partial charge in [0.25, 0.3) is 0 Å². The molecule has 2 atom stereocenters. The maximum absolute atomic E-state index is 4.46. The lowest BCUT2D eigenvalue weighted by atomic mass is 9.88. The Kier molecular flexibility index (Phi) is 2.34. The highest BCUT2D eigenvalue weighted by molar-refractivity contribution is 5.13. The average Bonchev–Trinajstić information content (AvgIpc) is 2.48. The molecule has 2 unspecified atom stereocenters. The highest BCUT2D eigenvalue weighted by Gasteiger charge is 2.31. The minimum absolute atomic E-state index is 0.696. The summed E-state index contributed by atoms with van der Waals surface area (Å²) >= 11 is 0. The lowest BCUT2D eigenvalue weighted by molar-refractivity contribution is 0.450. The number of pyridine rings is 1. The van der Waals surface area contributed by atoms with Crippen LogP contribution < -0.4 is 0 Å². The molecular weight excluding hydrogens is 158 g/mol. The van der Waals surface area contributed by atoms with Crippen LogP contribution in [0.4, 0.5) is 0 Å². The third-order valence-electron chi connectivity index (χ3n) is 3.33. The summed E-state index contributed by atoms with van der Waals surface area (Å²) in [5, 5.41) is 0. The fraction of sp³-hybridized carbons (Fsp3) is 0.583. The fourth-order valence-electron chi connectivity index (χ4n) is 2.60. The van der Waals surface area contributed by atoms with Gasteiger partial charge in [0.05, 0.1) is 0 Å². The largest absolute Gasteiger partial charge is 0.261 e. The molecule has 70 valence electrons. The van der Waals surface area contributed by atoms with Gasteiger partial charge in [-0.1, -0.05) is 19.9 Å². The summed E-state index contributed by atoms with van der Waals surface area (Å²) < 4.78 is 0. The van der Waals surface area contributed by atoms with Crippen LogP contribution in [0.2, 0.25) is 0 Å². The van der Waals surface area contributed by atoms with E-state index in [1.54, 1.807) is 0 Å². The minimum Gasteiger partial charge on any atom is -0.261 e. The second kappa shape index (κ2) is 3.49. The van der Waals surface area contributed by atoms with Crippen molar-refractivity contribution >= 4 is 0 Å². The van der Waals surface area contributed by atoms with E-state index in [4.69, 9.17) is 0 Å². The monoisotopic (exact) mass is 175 g/mol. The Hall–Kier alpha value is -0.850. The maximum Gasteiger partial charge on any atom is 0.0439 e. The molecule has 1 aromatic heterocycles. The Morgan fingerprint density at radius 2 is 1.85 bits per heavy atom. The van der Waals surface area contributed by atoms with Crippen LogP contribution in [0.15, 0.2) is 24.4 Å². The van der Waals surface area contributed by atoms with Gasteiger partial charge in [-0.05, 0) is 36.8 Å². The molecular formula is C12H17N. The topological polar surface area (TPSA) is 12.9 Å². The van der Waals surface area contributed by atoms with E-state index in [2.05, 4.69) is 31.0 Å². The van der Waals surface area contributed by atoms with Crippen molar-refractivity contribution in [1.29, 1.82) is 0 Å². The summed E-state index contributed by atoms with van der Waals surface area (Å²) in [4.78, 5) is 4.46. The Morgan fingerprint density at radius 3 is 2.38 bits per heavy atom. The first-order valence-electron chi connectivity index (χ1n) is 5.20. The van der Waals surface area contributed by atoms with E-state index in [-0.39, 0.29) is 0 Å². The van der Waals surface area contributed by atoms with E-state index in [9.17, 15) is 0 Å². The van der Waals surface area contributed by atoms with Crippen molar-refractivity contribution in [3.63, 3.8) is 0 Å². The summed E-state index contributed by atoms with van der Waals surface area (Å²) in [5.74, 6) is 2.32. The molecule has 0 N–H and O–H groups in total. The first-order chi connectivity index (χ1) is 6.29. The van der Waals surface area contributed by atoms with Gasteiger partial charge in [0.2, 0.25) is 0 Å². The van der Waals surface area contributed by atoms with Crippen molar-refractivity contribution < 1.29 is 0 Å². The Labute approximate surface area is 80.2 Å². The first kappa shape index (κ1) is 8.74. The van der Waals surface area contributed by atoms with Gasteiger partial charge in [-0.15, -0.1) is 0 Å². The quantitative estimate of drug-likeness (QED) is 0.638. The van der Waals surface area contributed by atoms with Crippen molar-refractivity contribution in [3.8, 4) is 0 Å². The maximum atomic E-state index is 4.46. The Balaban J connectivity index is 2.25. The second-order valence-corrected chi connectivity index (χ2v) is 4.31. The smallest absolute Gasteiger partial charge is 0.0439 e. The van der Waals surface area contributed by atoms with Crippen LogP contribution in [-0.4, -0.2) is 4.98 Å². The molecule has 1 heterocycles. The molecule has 1 fully saturated rings. The van der Waals surface area contributed by atoms with Gasteiger partial charge in [-0.2, -0.15) is 0 Å². The predicted molar refractivity (Wildman–Crippen MR) is 54.5 cm³/mol. The van der Waals surface area contributed by atoms with E-state index in [0.29, 0.717) is 5.92 Å². The molecule has 0 aliphatic heterocycles. The highest BCUT2D eigenvalue weighted by atomic mass is 14.7. The average molecular weight is 175 g/mol. The van der Waals surface area contributed by atoms with Gasteiger partial charge < -0.3 is 0 Å². The zero-order chi connectivity index (χ0) is 9.26. The van der Waals surface area contributed by atoms with E-state index < -0.39 is 0 Å². The standard InChI is InChI=1S/C12H17N/c1-9-6-7-10(2)12(9)11-5-3-4-8-13-11/h3-5,8-10,12H,6-7H2,1-2H3. The van der Waals surface area contributed by atoms with E-state index in [1.807, 2.05) is 12.3 Å². The van der Waals surface area contributed by atoms with E-state index in [0.717, 1.165) is 11.8 Å². The van der Waals surface area contributed by atoms with E-state index in [1.165, 1.54) is 18.5 Å². The normalized spacial score (nSPS) is 33.5.